The molecule has 3 heterocycles. The number of hydrogen-bond acceptors (Lipinski definition) is 5. The predicted octanol–water partition coefficient (Wildman–Crippen LogP) is 3.11. The number of nitrogens with zero attached hydrogens (tertiary/aromatic N) is 3. The molecule has 0 bridgehead atoms. The van der Waals surface area contributed by atoms with E-state index in [2.05, 4.69) is 54.4 Å². The smallest absolute Gasteiger partial charge is 0.214 e. The maximum absolute atomic E-state index is 4.35. The van der Waals surface area contributed by atoms with Gasteiger partial charge in [0.15, 0.2) is 5.82 Å². The summed E-state index contributed by atoms with van der Waals surface area (Å²) in [5, 5.41) is 15.1. The summed E-state index contributed by atoms with van der Waals surface area (Å²) in [6, 6.07) is 8.56. The van der Waals surface area contributed by atoms with Crippen LogP contribution in [-0.4, -0.2) is 21.4 Å². The second kappa shape index (κ2) is 5.47. The quantitative estimate of drug-likeness (QED) is 0.858. The second-order valence-corrected chi connectivity index (χ2v) is 6.85. The average Bonchev–Trinajstić information content (AvgIpc) is 3.16. The Balaban J connectivity index is 1.64. The molecule has 1 aromatic carbocycles. The molecule has 0 amide bonds. The zero-order valence-electron chi connectivity index (χ0n) is 11.2. The van der Waals surface area contributed by atoms with Crippen LogP contribution in [0.2, 0.25) is 0 Å². The molecule has 21 heavy (non-hydrogen) atoms. The Kier molecular flexibility index (Phi) is 3.48. The Morgan fingerprint density at radius 2 is 2.10 bits per heavy atom. The summed E-state index contributed by atoms with van der Waals surface area (Å²) < 4.78 is 3.08. The first kappa shape index (κ1) is 13.4. The van der Waals surface area contributed by atoms with Crippen molar-refractivity contribution >= 4 is 33.4 Å². The van der Waals surface area contributed by atoms with Gasteiger partial charge in [-0.1, -0.05) is 39.8 Å². The summed E-state index contributed by atoms with van der Waals surface area (Å²) in [7, 11) is 0. The van der Waals surface area contributed by atoms with Crippen molar-refractivity contribution in [2.24, 2.45) is 0 Å². The van der Waals surface area contributed by atoms with Gasteiger partial charge >= 0.3 is 0 Å². The fourth-order valence-electron chi connectivity index (χ4n) is 2.61. The maximum Gasteiger partial charge on any atom is 0.214 e. The van der Waals surface area contributed by atoms with Gasteiger partial charge in [0.2, 0.25) is 5.16 Å². The molecule has 0 radical (unpaired) electrons. The molecule has 7 heteroatoms. The van der Waals surface area contributed by atoms with Crippen molar-refractivity contribution < 1.29 is 0 Å². The van der Waals surface area contributed by atoms with Gasteiger partial charge in [0.05, 0.1) is 11.7 Å². The molecule has 1 fully saturated rings. The Morgan fingerprint density at radius 1 is 1.24 bits per heavy atom. The summed E-state index contributed by atoms with van der Waals surface area (Å²) in [6.07, 6.45) is 2.30. The minimum atomic E-state index is 0.295. The number of halogens is 1. The molecule has 1 aromatic heterocycles. The number of hydrogen-bond donors (Lipinski definition) is 2. The van der Waals surface area contributed by atoms with Crippen molar-refractivity contribution in [2.75, 3.05) is 12.0 Å². The Morgan fingerprint density at radius 3 is 2.86 bits per heavy atom. The Hall–Kier alpha value is -1.31. The van der Waals surface area contributed by atoms with E-state index in [-0.39, 0.29) is 0 Å². The van der Waals surface area contributed by atoms with Gasteiger partial charge in [-0.2, -0.15) is 0 Å². The third-order valence-corrected chi connectivity index (χ3v) is 5.06. The fourth-order valence-corrected chi connectivity index (χ4v) is 3.62. The molecule has 108 valence electrons. The van der Waals surface area contributed by atoms with Crippen LogP contribution in [-0.2, 0) is 0 Å². The van der Waals surface area contributed by atoms with Gasteiger partial charge in [-0.05, 0) is 31.5 Å². The second-order valence-electron chi connectivity index (χ2n) is 5.09. The molecule has 2 N–H and O–H groups in total. The van der Waals surface area contributed by atoms with Crippen LogP contribution >= 0.6 is 27.7 Å². The minimum absolute atomic E-state index is 0.295. The lowest BCUT2D eigenvalue weighted by atomic mass is 10.2. The van der Waals surface area contributed by atoms with Gasteiger partial charge in [-0.15, -0.1) is 10.2 Å². The molecule has 4 rings (SSSR count). The standard InChI is InChI=1S/C14H14BrN5S/c15-10-5-3-9(4-6-10)12-8-21-14-18-17-13(20(14)19-12)11-2-1-7-16-11/h3-6,8,11,16,19H,1-2,7H2/t11-/m1/s1. The van der Waals surface area contributed by atoms with E-state index in [1.807, 2.05) is 16.8 Å². The monoisotopic (exact) mass is 363 g/mol. The van der Waals surface area contributed by atoms with Gasteiger partial charge in [-0.25, -0.2) is 4.68 Å². The molecule has 2 aliphatic rings. The molecule has 2 aromatic rings. The third-order valence-electron chi connectivity index (χ3n) is 3.70. The van der Waals surface area contributed by atoms with E-state index < -0.39 is 0 Å². The van der Waals surface area contributed by atoms with Gasteiger partial charge in [0.1, 0.15) is 0 Å². The summed E-state index contributed by atoms with van der Waals surface area (Å²) in [5.74, 6) is 0.970. The molecule has 1 saturated heterocycles. The van der Waals surface area contributed by atoms with E-state index in [0.29, 0.717) is 6.04 Å². The van der Waals surface area contributed by atoms with Crippen LogP contribution in [0.15, 0.2) is 39.3 Å². The van der Waals surface area contributed by atoms with Gasteiger partial charge in [0.25, 0.3) is 0 Å². The molecule has 5 nitrogen and oxygen atoms in total. The lowest BCUT2D eigenvalue weighted by molar-refractivity contribution is 0.577. The Labute approximate surface area is 135 Å². The van der Waals surface area contributed by atoms with Gasteiger partial charge < -0.3 is 5.32 Å². The SMILES string of the molecule is Brc1ccc(C2=CSc3nnc([C@H]4CCCN4)n3N2)cc1. The van der Waals surface area contributed by atoms with Crippen molar-refractivity contribution in [1.82, 2.24) is 20.2 Å². The first-order valence-electron chi connectivity index (χ1n) is 6.90. The molecule has 0 aliphatic carbocycles. The van der Waals surface area contributed by atoms with E-state index in [0.717, 1.165) is 39.7 Å². The molecule has 2 aliphatic heterocycles. The molecular formula is C14H14BrN5S. The Bertz CT molecular complexity index is 688. The normalized spacial score (nSPS) is 20.8. The molecular weight excluding hydrogens is 350 g/mol. The van der Waals surface area contributed by atoms with E-state index in [1.165, 1.54) is 6.42 Å². The van der Waals surface area contributed by atoms with Crippen molar-refractivity contribution in [1.29, 1.82) is 0 Å². The van der Waals surface area contributed by atoms with Gasteiger partial charge in [0, 0.05) is 15.4 Å². The highest BCUT2D eigenvalue weighted by atomic mass is 79.9. The first-order valence-corrected chi connectivity index (χ1v) is 8.57. The van der Waals surface area contributed by atoms with Crippen molar-refractivity contribution in [3.8, 4) is 0 Å². The van der Waals surface area contributed by atoms with E-state index in [1.54, 1.807) is 11.8 Å². The number of rotatable bonds is 2. The van der Waals surface area contributed by atoms with Gasteiger partial charge in [-0.3, -0.25) is 5.43 Å². The van der Waals surface area contributed by atoms with E-state index in [4.69, 9.17) is 0 Å². The van der Waals surface area contributed by atoms with Crippen molar-refractivity contribution in [3.05, 3.63) is 45.5 Å². The number of benzene rings is 1. The number of aromatic nitrogens is 3. The summed E-state index contributed by atoms with van der Waals surface area (Å²) in [4.78, 5) is 0. The number of nitrogens with one attached hydrogen (secondary N) is 2. The third kappa shape index (κ3) is 2.49. The van der Waals surface area contributed by atoms with Crippen molar-refractivity contribution in [3.63, 3.8) is 0 Å². The highest BCUT2D eigenvalue weighted by molar-refractivity contribution is 9.10. The average molecular weight is 364 g/mol. The van der Waals surface area contributed by atoms with Crippen LogP contribution in [0, 0.1) is 0 Å². The lowest BCUT2D eigenvalue weighted by Crippen LogP contribution is -2.24. The minimum Gasteiger partial charge on any atom is -0.307 e. The number of fused-ring (bicyclic) bond motifs is 1. The highest BCUT2D eigenvalue weighted by Crippen LogP contribution is 2.31. The van der Waals surface area contributed by atoms with E-state index in [9.17, 15) is 0 Å². The topological polar surface area (TPSA) is 54.8 Å². The number of thioether (sulfide) groups is 1. The molecule has 1 atom stereocenters. The summed E-state index contributed by atoms with van der Waals surface area (Å²) in [6.45, 7) is 1.05. The summed E-state index contributed by atoms with van der Waals surface area (Å²) >= 11 is 5.07. The molecule has 0 spiro atoms. The van der Waals surface area contributed by atoms with Crippen LogP contribution < -0.4 is 10.7 Å². The van der Waals surface area contributed by atoms with Crippen LogP contribution in [0.5, 0.6) is 0 Å². The largest absolute Gasteiger partial charge is 0.307 e. The highest BCUT2D eigenvalue weighted by Gasteiger charge is 2.26. The first-order chi connectivity index (χ1) is 10.3. The molecule has 0 saturated carbocycles. The zero-order valence-corrected chi connectivity index (χ0v) is 13.6. The fraction of sp³-hybridized carbons (Fsp3) is 0.286. The van der Waals surface area contributed by atoms with E-state index >= 15 is 0 Å². The lowest BCUT2D eigenvalue weighted by Gasteiger charge is -2.20. The maximum atomic E-state index is 4.35. The summed E-state index contributed by atoms with van der Waals surface area (Å²) in [5.41, 5.74) is 5.65. The van der Waals surface area contributed by atoms with Crippen LogP contribution in [0.4, 0.5) is 0 Å². The van der Waals surface area contributed by atoms with Crippen LogP contribution in [0.1, 0.15) is 30.3 Å². The van der Waals surface area contributed by atoms with Crippen LogP contribution in [0.3, 0.4) is 0 Å². The van der Waals surface area contributed by atoms with Crippen molar-refractivity contribution in [2.45, 2.75) is 24.0 Å². The molecule has 0 unspecified atom stereocenters. The predicted molar refractivity (Wildman–Crippen MR) is 87.3 cm³/mol. The zero-order chi connectivity index (χ0) is 14.2. The van der Waals surface area contributed by atoms with Crippen LogP contribution in [0.25, 0.3) is 5.70 Å².